The Kier molecular flexibility index (Phi) is 5.91. The highest BCUT2D eigenvalue weighted by atomic mass is 16.5. The number of nitrogens with one attached hydrogen (secondary N) is 1. The Labute approximate surface area is 148 Å². The van der Waals surface area contributed by atoms with Crippen LogP contribution in [0, 0.1) is 5.92 Å². The summed E-state index contributed by atoms with van der Waals surface area (Å²) in [6, 6.07) is 8.06. The van der Waals surface area contributed by atoms with Crippen LogP contribution in [-0.2, 0) is 20.7 Å². The first kappa shape index (κ1) is 17.7. The van der Waals surface area contributed by atoms with E-state index in [0.29, 0.717) is 32.7 Å². The van der Waals surface area contributed by atoms with Crippen LogP contribution >= 0.6 is 0 Å². The molecule has 0 bridgehead atoms. The van der Waals surface area contributed by atoms with Crippen molar-refractivity contribution in [3.05, 3.63) is 29.8 Å². The lowest BCUT2D eigenvalue weighted by molar-refractivity contribution is -0.131. The number of hydrogen-bond acceptors (Lipinski definition) is 4. The maximum absolute atomic E-state index is 12.4. The van der Waals surface area contributed by atoms with Gasteiger partial charge in [0.2, 0.25) is 11.8 Å². The zero-order valence-electron chi connectivity index (χ0n) is 14.7. The van der Waals surface area contributed by atoms with E-state index in [2.05, 4.69) is 5.32 Å². The number of hydrogen-bond donors (Lipinski definition) is 1. The van der Waals surface area contributed by atoms with E-state index in [9.17, 15) is 9.59 Å². The number of nitrogens with zero attached hydrogens (tertiary/aromatic N) is 1. The van der Waals surface area contributed by atoms with Crippen molar-refractivity contribution in [1.82, 2.24) is 10.2 Å². The maximum Gasteiger partial charge on any atom is 0.225 e. The second-order valence-corrected chi connectivity index (χ2v) is 6.68. The predicted molar refractivity (Wildman–Crippen MR) is 93.4 cm³/mol. The minimum Gasteiger partial charge on any atom is -0.497 e. The SMILES string of the molecule is COc1ccc(CCNC(=O)C2CC(=O)N(C3CCOCC3)C2)cc1. The molecule has 2 aliphatic rings. The molecule has 25 heavy (non-hydrogen) atoms. The van der Waals surface area contributed by atoms with Crippen molar-refractivity contribution in [2.24, 2.45) is 5.92 Å². The third-order valence-corrected chi connectivity index (χ3v) is 5.03. The molecular weight excluding hydrogens is 320 g/mol. The third-order valence-electron chi connectivity index (χ3n) is 5.03. The van der Waals surface area contributed by atoms with Gasteiger partial charge in [0, 0.05) is 38.8 Å². The number of rotatable bonds is 6. The minimum absolute atomic E-state index is 0.0172. The molecule has 2 saturated heterocycles. The van der Waals surface area contributed by atoms with Gasteiger partial charge in [-0.1, -0.05) is 12.1 Å². The summed E-state index contributed by atoms with van der Waals surface area (Å²) in [6.07, 6.45) is 2.83. The Morgan fingerprint density at radius 3 is 2.68 bits per heavy atom. The van der Waals surface area contributed by atoms with Gasteiger partial charge < -0.3 is 19.7 Å². The lowest BCUT2D eigenvalue weighted by Gasteiger charge is -2.31. The molecule has 2 fully saturated rings. The molecule has 2 amide bonds. The standard InChI is InChI=1S/C19H26N2O4/c1-24-17-4-2-14(3-5-17)6-9-20-19(23)15-12-18(22)21(13-15)16-7-10-25-11-8-16/h2-5,15-16H,6-13H2,1H3,(H,20,23). The molecule has 136 valence electrons. The Hall–Kier alpha value is -2.08. The van der Waals surface area contributed by atoms with Gasteiger partial charge in [0.1, 0.15) is 5.75 Å². The number of methoxy groups -OCH3 is 1. The molecule has 1 unspecified atom stereocenters. The van der Waals surface area contributed by atoms with Gasteiger partial charge in [0.25, 0.3) is 0 Å². The first-order valence-corrected chi connectivity index (χ1v) is 8.95. The van der Waals surface area contributed by atoms with E-state index in [-0.39, 0.29) is 23.8 Å². The van der Waals surface area contributed by atoms with Crippen LogP contribution in [0.2, 0.25) is 0 Å². The minimum atomic E-state index is -0.230. The fraction of sp³-hybridized carbons (Fsp3) is 0.579. The van der Waals surface area contributed by atoms with Gasteiger partial charge in [-0.25, -0.2) is 0 Å². The smallest absolute Gasteiger partial charge is 0.225 e. The number of ether oxygens (including phenoxy) is 2. The van der Waals surface area contributed by atoms with Gasteiger partial charge >= 0.3 is 0 Å². The topological polar surface area (TPSA) is 67.9 Å². The molecular formula is C19H26N2O4. The third kappa shape index (κ3) is 4.51. The fourth-order valence-electron chi connectivity index (χ4n) is 3.52. The molecule has 1 N–H and O–H groups in total. The van der Waals surface area contributed by atoms with Crippen molar-refractivity contribution < 1.29 is 19.1 Å². The first-order chi connectivity index (χ1) is 12.2. The van der Waals surface area contributed by atoms with E-state index in [1.165, 1.54) is 0 Å². The van der Waals surface area contributed by atoms with E-state index >= 15 is 0 Å². The van der Waals surface area contributed by atoms with Crippen molar-refractivity contribution >= 4 is 11.8 Å². The molecule has 6 nitrogen and oxygen atoms in total. The Bertz CT molecular complexity index is 596. The maximum atomic E-state index is 12.4. The Morgan fingerprint density at radius 1 is 1.28 bits per heavy atom. The van der Waals surface area contributed by atoms with Gasteiger partial charge in [-0.15, -0.1) is 0 Å². The molecule has 0 aliphatic carbocycles. The summed E-state index contributed by atoms with van der Waals surface area (Å²) in [4.78, 5) is 26.5. The second kappa shape index (κ2) is 8.34. The summed E-state index contributed by atoms with van der Waals surface area (Å²) in [6.45, 7) is 2.52. The first-order valence-electron chi connectivity index (χ1n) is 8.95. The van der Waals surface area contributed by atoms with Crippen LogP contribution in [0.4, 0.5) is 0 Å². The molecule has 2 heterocycles. The van der Waals surface area contributed by atoms with Crippen LogP contribution in [-0.4, -0.2) is 56.2 Å². The molecule has 1 aromatic carbocycles. The highest BCUT2D eigenvalue weighted by molar-refractivity contribution is 5.89. The normalized spacial score (nSPS) is 21.4. The van der Waals surface area contributed by atoms with Crippen LogP contribution in [0.1, 0.15) is 24.8 Å². The summed E-state index contributed by atoms with van der Waals surface area (Å²) in [5.74, 6) is 0.676. The van der Waals surface area contributed by atoms with Gasteiger partial charge in [-0.05, 0) is 37.0 Å². The van der Waals surface area contributed by atoms with Crippen LogP contribution in [0.25, 0.3) is 0 Å². The van der Waals surface area contributed by atoms with E-state index < -0.39 is 0 Å². The molecule has 6 heteroatoms. The monoisotopic (exact) mass is 346 g/mol. The van der Waals surface area contributed by atoms with Crippen molar-refractivity contribution in [2.75, 3.05) is 33.4 Å². The number of carbonyl (C=O) groups is 2. The average Bonchev–Trinajstić information content (AvgIpc) is 3.05. The molecule has 0 aromatic heterocycles. The lowest BCUT2D eigenvalue weighted by Crippen LogP contribution is -2.41. The molecule has 2 aliphatic heterocycles. The van der Waals surface area contributed by atoms with Gasteiger partial charge in [0.15, 0.2) is 0 Å². The zero-order chi connectivity index (χ0) is 17.6. The van der Waals surface area contributed by atoms with Crippen LogP contribution in [0.15, 0.2) is 24.3 Å². The van der Waals surface area contributed by atoms with Crippen LogP contribution in [0.3, 0.4) is 0 Å². The summed E-state index contributed by atoms with van der Waals surface area (Å²) < 4.78 is 10.5. The van der Waals surface area contributed by atoms with E-state index in [0.717, 1.165) is 30.6 Å². The van der Waals surface area contributed by atoms with E-state index in [1.54, 1.807) is 7.11 Å². The summed E-state index contributed by atoms with van der Waals surface area (Å²) in [7, 11) is 1.64. The molecule has 1 atom stereocenters. The number of likely N-dealkylation sites (tertiary alicyclic amines) is 1. The van der Waals surface area contributed by atoms with Gasteiger partial charge in [-0.3, -0.25) is 9.59 Å². The molecule has 3 rings (SSSR count). The van der Waals surface area contributed by atoms with Crippen molar-refractivity contribution in [3.8, 4) is 5.75 Å². The van der Waals surface area contributed by atoms with Crippen LogP contribution < -0.4 is 10.1 Å². The fourth-order valence-corrected chi connectivity index (χ4v) is 3.52. The van der Waals surface area contributed by atoms with Crippen molar-refractivity contribution in [1.29, 1.82) is 0 Å². The molecule has 0 saturated carbocycles. The second-order valence-electron chi connectivity index (χ2n) is 6.68. The number of carbonyl (C=O) groups excluding carboxylic acids is 2. The number of amides is 2. The molecule has 0 radical (unpaired) electrons. The van der Waals surface area contributed by atoms with Gasteiger partial charge in [-0.2, -0.15) is 0 Å². The summed E-state index contributed by atoms with van der Waals surface area (Å²) in [5.41, 5.74) is 1.15. The largest absolute Gasteiger partial charge is 0.497 e. The Balaban J connectivity index is 1.44. The van der Waals surface area contributed by atoms with E-state index in [4.69, 9.17) is 9.47 Å². The van der Waals surface area contributed by atoms with Gasteiger partial charge in [0.05, 0.1) is 13.0 Å². The Morgan fingerprint density at radius 2 is 2.00 bits per heavy atom. The van der Waals surface area contributed by atoms with Crippen molar-refractivity contribution in [2.45, 2.75) is 31.7 Å². The highest BCUT2D eigenvalue weighted by Crippen LogP contribution is 2.25. The number of benzene rings is 1. The average molecular weight is 346 g/mol. The lowest BCUT2D eigenvalue weighted by atomic mass is 10.1. The molecule has 1 aromatic rings. The summed E-state index contributed by atoms with van der Waals surface area (Å²) in [5, 5.41) is 2.97. The zero-order valence-corrected chi connectivity index (χ0v) is 14.7. The van der Waals surface area contributed by atoms with Crippen LogP contribution in [0.5, 0.6) is 5.75 Å². The van der Waals surface area contributed by atoms with E-state index in [1.807, 2.05) is 29.2 Å². The molecule has 0 spiro atoms. The summed E-state index contributed by atoms with van der Waals surface area (Å²) >= 11 is 0. The quantitative estimate of drug-likeness (QED) is 0.845. The van der Waals surface area contributed by atoms with Crippen molar-refractivity contribution in [3.63, 3.8) is 0 Å². The highest BCUT2D eigenvalue weighted by Gasteiger charge is 2.38. The predicted octanol–water partition coefficient (Wildman–Crippen LogP) is 1.38.